The van der Waals surface area contributed by atoms with Crippen molar-refractivity contribution in [1.29, 1.82) is 0 Å². The number of carbonyl (C=O) groups is 1. The molecule has 0 spiro atoms. The van der Waals surface area contributed by atoms with Crippen LogP contribution < -0.4 is 5.32 Å². The Morgan fingerprint density at radius 1 is 1.33 bits per heavy atom. The third-order valence-corrected chi connectivity index (χ3v) is 3.43. The number of rotatable bonds is 5. The van der Waals surface area contributed by atoms with Gasteiger partial charge in [0, 0.05) is 13.1 Å². The highest BCUT2D eigenvalue weighted by Crippen LogP contribution is 2.33. The lowest BCUT2D eigenvalue weighted by molar-refractivity contribution is -0.137. The van der Waals surface area contributed by atoms with E-state index < -0.39 is 17.8 Å². The number of likely N-dealkylation sites (N-methyl/N-ethyl adjacent to an activating group) is 1. The molecular formula is C14H18ClF3N2O. The second kappa shape index (κ2) is 7.02. The van der Waals surface area contributed by atoms with E-state index in [4.69, 9.17) is 11.6 Å². The lowest BCUT2D eigenvalue weighted by Gasteiger charge is -2.24. The van der Waals surface area contributed by atoms with Crippen LogP contribution in [0.4, 0.5) is 18.9 Å². The summed E-state index contributed by atoms with van der Waals surface area (Å²) in [5.41, 5.74) is -0.515. The van der Waals surface area contributed by atoms with Crippen molar-refractivity contribution in [2.24, 2.45) is 0 Å². The zero-order valence-electron chi connectivity index (χ0n) is 12.1. The normalized spacial score (nSPS) is 12.9. The molecule has 0 aliphatic carbocycles. The zero-order valence-corrected chi connectivity index (χ0v) is 12.8. The Hall–Kier alpha value is -1.43. The first-order chi connectivity index (χ1) is 9.70. The van der Waals surface area contributed by atoms with Gasteiger partial charge in [-0.25, -0.2) is 0 Å². The molecule has 0 bridgehead atoms. The Morgan fingerprint density at radius 3 is 2.33 bits per heavy atom. The fourth-order valence-corrected chi connectivity index (χ4v) is 2.15. The van der Waals surface area contributed by atoms with Crippen molar-refractivity contribution < 1.29 is 18.0 Å². The molecule has 1 aromatic rings. The van der Waals surface area contributed by atoms with Gasteiger partial charge in [-0.15, -0.1) is 0 Å². The fourth-order valence-electron chi connectivity index (χ4n) is 1.91. The predicted molar refractivity (Wildman–Crippen MR) is 77.5 cm³/mol. The molecule has 0 radical (unpaired) electrons. The van der Waals surface area contributed by atoms with Crippen LogP contribution in [-0.4, -0.2) is 29.9 Å². The largest absolute Gasteiger partial charge is 0.416 e. The van der Waals surface area contributed by atoms with Crippen molar-refractivity contribution in [1.82, 2.24) is 4.90 Å². The van der Waals surface area contributed by atoms with E-state index in [1.807, 2.05) is 13.8 Å². The third kappa shape index (κ3) is 4.52. The summed E-state index contributed by atoms with van der Waals surface area (Å²) in [5.74, 6) is -0.129. The van der Waals surface area contributed by atoms with Gasteiger partial charge in [-0.3, -0.25) is 4.79 Å². The SMILES string of the molecule is CCN(CC)C(=O)C(C)Nc1ccc(C(F)(F)F)cc1Cl. The lowest BCUT2D eigenvalue weighted by Crippen LogP contribution is -2.41. The van der Waals surface area contributed by atoms with Gasteiger partial charge in [-0.2, -0.15) is 13.2 Å². The van der Waals surface area contributed by atoms with Gasteiger partial charge in [-0.05, 0) is 39.0 Å². The van der Waals surface area contributed by atoms with Crippen molar-refractivity contribution >= 4 is 23.2 Å². The molecule has 1 N–H and O–H groups in total. The molecule has 21 heavy (non-hydrogen) atoms. The van der Waals surface area contributed by atoms with Crippen molar-refractivity contribution in [3.63, 3.8) is 0 Å². The fraction of sp³-hybridized carbons (Fsp3) is 0.500. The average molecular weight is 323 g/mol. The minimum Gasteiger partial charge on any atom is -0.373 e. The summed E-state index contributed by atoms with van der Waals surface area (Å²) >= 11 is 5.84. The molecule has 1 atom stereocenters. The molecule has 0 saturated carbocycles. The zero-order chi connectivity index (χ0) is 16.2. The minimum absolute atomic E-state index is 0.0657. The van der Waals surface area contributed by atoms with Crippen LogP contribution in [0.3, 0.4) is 0 Å². The molecule has 3 nitrogen and oxygen atoms in total. The molecule has 0 heterocycles. The predicted octanol–water partition coefficient (Wildman–Crippen LogP) is 4.03. The van der Waals surface area contributed by atoms with Crippen LogP contribution in [0.25, 0.3) is 0 Å². The third-order valence-electron chi connectivity index (χ3n) is 3.11. The van der Waals surface area contributed by atoms with Gasteiger partial charge < -0.3 is 10.2 Å². The first-order valence-corrected chi connectivity index (χ1v) is 7.00. The first kappa shape index (κ1) is 17.6. The summed E-state index contributed by atoms with van der Waals surface area (Å²) < 4.78 is 37.6. The van der Waals surface area contributed by atoms with E-state index >= 15 is 0 Å². The Bertz CT molecular complexity index is 501. The Kier molecular flexibility index (Phi) is 5.89. The molecular weight excluding hydrogens is 305 g/mol. The number of amides is 1. The number of hydrogen-bond donors (Lipinski definition) is 1. The van der Waals surface area contributed by atoms with Crippen LogP contribution in [0.1, 0.15) is 26.3 Å². The first-order valence-electron chi connectivity index (χ1n) is 6.62. The van der Waals surface area contributed by atoms with E-state index in [0.717, 1.165) is 12.1 Å². The molecule has 0 aromatic heterocycles. The summed E-state index contributed by atoms with van der Waals surface area (Å²) in [6.45, 7) is 6.51. The van der Waals surface area contributed by atoms with E-state index in [2.05, 4.69) is 5.32 Å². The minimum atomic E-state index is -4.44. The van der Waals surface area contributed by atoms with Gasteiger partial charge in [0.1, 0.15) is 6.04 Å². The molecule has 7 heteroatoms. The number of carbonyl (C=O) groups excluding carboxylic acids is 1. The van der Waals surface area contributed by atoms with Gasteiger partial charge in [0.15, 0.2) is 0 Å². The highest BCUT2D eigenvalue weighted by atomic mass is 35.5. The number of hydrogen-bond acceptors (Lipinski definition) is 2. The van der Waals surface area contributed by atoms with Crippen LogP contribution in [0.5, 0.6) is 0 Å². The molecule has 118 valence electrons. The second-order valence-corrected chi connectivity index (χ2v) is 4.98. The molecule has 0 aliphatic heterocycles. The van der Waals surface area contributed by atoms with Crippen LogP contribution >= 0.6 is 11.6 Å². The number of alkyl halides is 3. The number of halogens is 4. The highest BCUT2D eigenvalue weighted by molar-refractivity contribution is 6.33. The standard InChI is InChI=1S/C14H18ClF3N2O/c1-4-20(5-2)13(21)9(3)19-12-7-6-10(8-11(12)15)14(16,17)18/h6-9,19H,4-5H2,1-3H3. The molecule has 1 amide bonds. The lowest BCUT2D eigenvalue weighted by atomic mass is 10.2. The summed E-state index contributed by atoms with van der Waals surface area (Å²) in [4.78, 5) is 13.7. The Balaban J connectivity index is 2.86. The number of benzene rings is 1. The summed E-state index contributed by atoms with van der Waals surface area (Å²) in [6.07, 6.45) is -4.44. The molecule has 1 unspecified atom stereocenters. The van der Waals surface area contributed by atoms with Crippen LogP contribution in [0.15, 0.2) is 18.2 Å². The van der Waals surface area contributed by atoms with E-state index in [1.165, 1.54) is 6.07 Å². The maximum absolute atomic E-state index is 12.5. The van der Waals surface area contributed by atoms with Crippen molar-refractivity contribution in [2.45, 2.75) is 33.0 Å². The summed E-state index contributed by atoms with van der Waals surface area (Å²) in [5, 5.41) is 2.78. The van der Waals surface area contributed by atoms with Gasteiger partial charge >= 0.3 is 6.18 Å². The smallest absolute Gasteiger partial charge is 0.373 e. The number of anilines is 1. The average Bonchev–Trinajstić information content (AvgIpc) is 2.41. The maximum atomic E-state index is 12.5. The molecule has 1 aromatic carbocycles. The van der Waals surface area contributed by atoms with Crippen LogP contribution in [0.2, 0.25) is 5.02 Å². The maximum Gasteiger partial charge on any atom is 0.416 e. The van der Waals surface area contributed by atoms with E-state index in [-0.39, 0.29) is 10.9 Å². The van der Waals surface area contributed by atoms with Gasteiger partial charge in [-0.1, -0.05) is 11.6 Å². The second-order valence-electron chi connectivity index (χ2n) is 4.57. The van der Waals surface area contributed by atoms with Crippen LogP contribution in [0, 0.1) is 0 Å². The van der Waals surface area contributed by atoms with Gasteiger partial charge in [0.2, 0.25) is 5.91 Å². The summed E-state index contributed by atoms with van der Waals surface area (Å²) in [7, 11) is 0. The van der Waals surface area contributed by atoms with E-state index in [9.17, 15) is 18.0 Å². The monoisotopic (exact) mass is 322 g/mol. The Labute approximate surface area is 127 Å². The molecule has 0 aliphatic rings. The van der Waals surface area contributed by atoms with Crippen molar-refractivity contribution in [2.75, 3.05) is 18.4 Å². The number of nitrogens with one attached hydrogen (secondary N) is 1. The quantitative estimate of drug-likeness (QED) is 0.887. The summed E-state index contributed by atoms with van der Waals surface area (Å²) in [6, 6.07) is 2.44. The number of nitrogens with zero attached hydrogens (tertiary/aromatic N) is 1. The van der Waals surface area contributed by atoms with E-state index in [1.54, 1.807) is 11.8 Å². The molecule has 1 rings (SSSR count). The Morgan fingerprint density at radius 2 is 1.90 bits per heavy atom. The van der Waals surface area contributed by atoms with Crippen molar-refractivity contribution in [3.8, 4) is 0 Å². The molecule has 0 saturated heterocycles. The van der Waals surface area contributed by atoms with Gasteiger partial charge in [0.25, 0.3) is 0 Å². The van der Waals surface area contributed by atoms with Gasteiger partial charge in [0.05, 0.1) is 16.3 Å². The van der Waals surface area contributed by atoms with Crippen molar-refractivity contribution in [3.05, 3.63) is 28.8 Å². The highest BCUT2D eigenvalue weighted by Gasteiger charge is 2.31. The molecule has 0 fully saturated rings. The topological polar surface area (TPSA) is 32.3 Å². The van der Waals surface area contributed by atoms with Crippen LogP contribution in [-0.2, 0) is 11.0 Å². The van der Waals surface area contributed by atoms with E-state index in [0.29, 0.717) is 18.8 Å².